The first-order chi connectivity index (χ1) is 16.2. The summed E-state index contributed by atoms with van der Waals surface area (Å²) in [6.45, 7) is 6.92. The predicted octanol–water partition coefficient (Wildman–Crippen LogP) is 3.49. The third-order valence-corrected chi connectivity index (χ3v) is 8.63. The molecular formula is C25H29N3O5S. The van der Waals surface area contributed by atoms with Gasteiger partial charge < -0.3 is 14.6 Å². The zero-order valence-corrected chi connectivity index (χ0v) is 20.7. The molecule has 0 fully saturated rings. The molecule has 0 aliphatic carbocycles. The molecule has 0 saturated heterocycles. The van der Waals surface area contributed by atoms with Crippen LogP contribution in [0.25, 0.3) is 10.9 Å². The molecule has 2 heterocycles. The second-order valence-corrected chi connectivity index (χ2v) is 10.3. The first kappa shape index (κ1) is 24.0. The standard InChI is InChI=1S/C25H29N3O5S/c1-5-28(6-2)34(31,32)23-14-17(8-7-16(23)3)24(29)27-12-11-22-20(15-27)19-13-18(25(30)33-4)9-10-21(19)26-22/h7-10,13-14,26H,5-6,11-12,15H2,1-4H3. The number of amides is 1. The number of H-pyrrole nitrogens is 1. The lowest BCUT2D eigenvalue weighted by Crippen LogP contribution is -2.36. The minimum Gasteiger partial charge on any atom is -0.465 e. The SMILES string of the molecule is CCN(CC)S(=O)(=O)c1cc(C(=O)N2CCc3[nH]c4ccc(C(=O)OC)cc4c3C2)ccc1C. The van der Waals surface area contributed by atoms with Gasteiger partial charge in [0.15, 0.2) is 0 Å². The Kier molecular flexibility index (Phi) is 6.51. The van der Waals surface area contributed by atoms with Gasteiger partial charge in [-0.15, -0.1) is 0 Å². The van der Waals surface area contributed by atoms with Crippen molar-refractivity contribution in [2.24, 2.45) is 0 Å². The topological polar surface area (TPSA) is 99.8 Å². The highest BCUT2D eigenvalue weighted by Gasteiger charge is 2.28. The van der Waals surface area contributed by atoms with E-state index < -0.39 is 16.0 Å². The fraction of sp³-hybridized carbons (Fsp3) is 0.360. The highest BCUT2D eigenvalue weighted by molar-refractivity contribution is 7.89. The van der Waals surface area contributed by atoms with Gasteiger partial charge in [-0.2, -0.15) is 4.31 Å². The van der Waals surface area contributed by atoms with Crippen molar-refractivity contribution in [3.63, 3.8) is 0 Å². The molecule has 3 aromatic rings. The van der Waals surface area contributed by atoms with E-state index in [9.17, 15) is 18.0 Å². The molecule has 1 aromatic heterocycles. The number of hydrogen-bond acceptors (Lipinski definition) is 5. The first-order valence-electron chi connectivity index (χ1n) is 11.3. The number of ether oxygens (including phenoxy) is 1. The summed E-state index contributed by atoms with van der Waals surface area (Å²) in [7, 11) is -2.35. The number of hydrogen-bond donors (Lipinski definition) is 1. The molecule has 0 unspecified atom stereocenters. The first-order valence-corrected chi connectivity index (χ1v) is 12.8. The van der Waals surface area contributed by atoms with Crippen molar-refractivity contribution in [3.8, 4) is 0 Å². The minimum atomic E-state index is -3.69. The third-order valence-electron chi connectivity index (χ3n) is 6.44. The van der Waals surface area contributed by atoms with Crippen LogP contribution in [0.5, 0.6) is 0 Å². The number of nitrogens with one attached hydrogen (secondary N) is 1. The molecule has 1 aliphatic heterocycles. The Labute approximate surface area is 199 Å². The number of carbonyl (C=O) groups excluding carboxylic acids is 2. The summed E-state index contributed by atoms with van der Waals surface area (Å²) in [5, 5.41) is 0.879. The van der Waals surface area contributed by atoms with Crippen molar-refractivity contribution >= 4 is 32.8 Å². The Balaban J connectivity index is 1.67. The van der Waals surface area contributed by atoms with Gasteiger partial charge in [-0.05, 0) is 42.8 Å². The minimum absolute atomic E-state index is 0.162. The molecule has 180 valence electrons. The monoisotopic (exact) mass is 483 g/mol. The molecule has 0 bridgehead atoms. The van der Waals surface area contributed by atoms with Crippen molar-refractivity contribution in [2.75, 3.05) is 26.7 Å². The highest BCUT2D eigenvalue weighted by atomic mass is 32.2. The van der Waals surface area contributed by atoms with E-state index in [4.69, 9.17) is 4.74 Å². The Morgan fingerprint density at radius 1 is 1.09 bits per heavy atom. The number of benzene rings is 2. The lowest BCUT2D eigenvalue weighted by molar-refractivity contribution is 0.0600. The molecular weight excluding hydrogens is 454 g/mol. The molecule has 2 aromatic carbocycles. The highest BCUT2D eigenvalue weighted by Crippen LogP contribution is 2.30. The molecule has 8 nitrogen and oxygen atoms in total. The van der Waals surface area contributed by atoms with Gasteiger partial charge in [0.05, 0.1) is 17.6 Å². The van der Waals surface area contributed by atoms with Crippen LogP contribution in [0, 0.1) is 6.92 Å². The van der Waals surface area contributed by atoms with Crippen LogP contribution in [0.4, 0.5) is 0 Å². The number of methoxy groups -OCH3 is 1. The van der Waals surface area contributed by atoms with Crippen LogP contribution in [0.2, 0.25) is 0 Å². The summed E-state index contributed by atoms with van der Waals surface area (Å²) >= 11 is 0. The van der Waals surface area contributed by atoms with Crippen LogP contribution >= 0.6 is 0 Å². The number of aromatic nitrogens is 1. The summed E-state index contributed by atoms with van der Waals surface area (Å²) < 4.78 is 32.5. The van der Waals surface area contributed by atoms with Gasteiger partial charge in [0.2, 0.25) is 10.0 Å². The van der Waals surface area contributed by atoms with Gasteiger partial charge in [-0.25, -0.2) is 13.2 Å². The smallest absolute Gasteiger partial charge is 0.337 e. The molecule has 4 rings (SSSR count). The number of fused-ring (bicyclic) bond motifs is 3. The van der Waals surface area contributed by atoms with Crippen molar-refractivity contribution in [3.05, 3.63) is 64.3 Å². The number of esters is 1. The van der Waals surface area contributed by atoms with Crippen molar-refractivity contribution in [1.82, 2.24) is 14.2 Å². The van der Waals surface area contributed by atoms with Crippen molar-refractivity contribution in [1.29, 1.82) is 0 Å². The van der Waals surface area contributed by atoms with Crippen LogP contribution in [-0.4, -0.2) is 61.2 Å². The molecule has 34 heavy (non-hydrogen) atoms. The van der Waals surface area contributed by atoms with Gasteiger partial charge in [0.1, 0.15) is 0 Å². The van der Waals surface area contributed by atoms with E-state index in [1.165, 1.54) is 17.5 Å². The molecule has 0 atom stereocenters. The molecule has 1 amide bonds. The van der Waals surface area contributed by atoms with Gasteiger partial charge in [-0.1, -0.05) is 19.9 Å². The quantitative estimate of drug-likeness (QED) is 0.541. The summed E-state index contributed by atoms with van der Waals surface area (Å²) in [4.78, 5) is 30.7. The average Bonchev–Trinajstić information content (AvgIpc) is 3.21. The maximum Gasteiger partial charge on any atom is 0.337 e. The zero-order chi connectivity index (χ0) is 24.6. The van der Waals surface area contributed by atoms with Gasteiger partial charge >= 0.3 is 5.97 Å². The molecule has 9 heteroatoms. The predicted molar refractivity (Wildman–Crippen MR) is 129 cm³/mol. The van der Waals surface area contributed by atoms with Crippen LogP contribution in [0.3, 0.4) is 0 Å². The van der Waals surface area contributed by atoms with E-state index in [0.29, 0.717) is 49.3 Å². The van der Waals surface area contributed by atoms with Crippen molar-refractivity contribution in [2.45, 2.75) is 38.6 Å². The number of rotatable bonds is 6. The molecule has 0 radical (unpaired) electrons. The van der Waals surface area contributed by atoms with Gasteiger partial charge in [0.25, 0.3) is 5.91 Å². The Morgan fingerprint density at radius 2 is 1.79 bits per heavy atom. The van der Waals surface area contributed by atoms with E-state index in [2.05, 4.69) is 4.98 Å². The normalized spacial score (nSPS) is 13.9. The van der Waals surface area contributed by atoms with E-state index in [1.807, 2.05) is 6.07 Å². The van der Waals surface area contributed by atoms with Crippen LogP contribution in [-0.2, 0) is 27.7 Å². The lowest BCUT2D eigenvalue weighted by Gasteiger charge is -2.28. The fourth-order valence-electron chi connectivity index (χ4n) is 4.53. The van der Waals surface area contributed by atoms with Crippen LogP contribution in [0.1, 0.15) is 51.4 Å². The van der Waals surface area contributed by atoms with E-state index >= 15 is 0 Å². The maximum atomic E-state index is 13.4. The Morgan fingerprint density at radius 3 is 2.47 bits per heavy atom. The van der Waals surface area contributed by atoms with E-state index in [1.54, 1.807) is 49.9 Å². The maximum absolute atomic E-state index is 13.4. The second-order valence-electron chi connectivity index (χ2n) is 8.38. The zero-order valence-electron chi connectivity index (χ0n) is 19.8. The Hall–Kier alpha value is -3.17. The second kappa shape index (κ2) is 9.23. The molecule has 0 saturated carbocycles. The number of sulfonamides is 1. The Bertz CT molecular complexity index is 1370. The van der Waals surface area contributed by atoms with E-state index in [0.717, 1.165) is 22.2 Å². The number of nitrogens with zero attached hydrogens (tertiary/aromatic N) is 2. The molecule has 1 aliphatic rings. The average molecular weight is 484 g/mol. The number of carbonyl (C=O) groups is 2. The number of aromatic amines is 1. The number of aryl methyl sites for hydroxylation is 1. The van der Waals surface area contributed by atoms with Crippen LogP contribution in [0.15, 0.2) is 41.3 Å². The lowest BCUT2D eigenvalue weighted by atomic mass is 10.0. The summed E-state index contributed by atoms with van der Waals surface area (Å²) in [5.41, 5.74) is 4.30. The largest absolute Gasteiger partial charge is 0.465 e. The van der Waals surface area contributed by atoms with Crippen LogP contribution < -0.4 is 0 Å². The van der Waals surface area contributed by atoms with Gasteiger partial charge in [0, 0.05) is 60.3 Å². The summed E-state index contributed by atoms with van der Waals surface area (Å²) in [6, 6.07) is 10.2. The third kappa shape index (κ3) is 4.10. The van der Waals surface area contributed by atoms with E-state index in [-0.39, 0.29) is 10.8 Å². The summed E-state index contributed by atoms with van der Waals surface area (Å²) in [5.74, 6) is -0.637. The molecule has 1 N–H and O–H groups in total. The fourth-order valence-corrected chi connectivity index (χ4v) is 6.24. The summed E-state index contributed by atoms with van der Waals surface area (Å²) in [6.07, 6.45) is 0.639. The van der Waals surface area contributed by atoms with Gasteiger partial charge in [-0.3, -0.25) is 4.79 Å². The molecule has 0 spiro atoms. The van der Waals surface area contributed by atoms with Crippen molar-refractivity contribution < 1.29 is 22.7 Å².